The molecule has 0 saturated carbocycles. The molecule has 0 atom stereocenters. The quantitative estimate of drug-likeness (QED) is 0.790. The van der Waals surface area contributed by atoms with E-state index in [4.69, 9.17) is 4.74 Å². The van der Waals surface area contributed by atoms with E-state index < -0.39 is 0 Å². The number of hydrogen-bond donors (Lipinski definition) is 2. The standard InChI is InChI=1S/C9H13N5O/c1-5(2)15-8-6-7(12-4-11-6)13-9(10-3)14-8/h4-5H,1-3H3,(H2,10,11,12,13,14). The van der Waals surface area contributed by atoms with Gasteiger partial charge in [0.05, 0.1) is 12.4 Å². The summed E-state index contributed by atoms with van der Waals surface area (Å²) >= 11 is 0. The third-order valence-corrected chi connectivity index (χ3v) is 1.82. The van der Waals surface area contributed by atoms with Gasteiger partial charge in [0.15, 0.2) is 5.65 Å². The summed E-state index contributed by atoms with van der Waals surface area (Å²) in [6.45, 7) is 3.90. The van der Waals surface area contributed by atoms with Gasteiger partial charge < -0.3 is 15.0 Å². The van der Waals surface area contributed by atoms with Gasteiger partial charge in [0.2, 0.25) is 11.8 Å². The third-order valence-electron chi connectivity index (χ3n) is 1.82. The lowest BCUT2D eigenvalue weighted by molar-refractivity contribution is 0.235. The zero-order valence-electron chi connectivity index (χ0n) is 8.90. The van der Waals surface area contributed by atoms with E-state index in [9.17, 15) is 0 Å². The minimum atomic E-state index is 0.0658. The zero-order valence-corrected chi connectivity index (χ0v) is 8.90. The SMILES string of the molecule is CNc1nc(OC(C)C)c2[nH]cnc2n1. The van der Waals surface area contributed by atoms with Crippen molar-refractivity contribution in [1.29, 1.82) is 0 Å². The van der Waals surface area contributed by atoms with E-state index in [1.165, 1.54) is 0 Å². The second kappa shape index (κ2) is 3.72. The van der Waals surface area contributed by atoms with Crippen LogP contribution in [0.4, 0.5) is 5.95 Å². The highest BCUT2D eigenvalue weighted by Crippen LogP contribution is 2.21. The summed E-state index contributed by atoms with van der Waals surface area (Å²) in [6.07, 6.45) is 1.64. The highest BCUT2D eigenvalue weighted by molar-refractivity contribution is 5.76. The van der Waals surface area contributed by atoms with Crippen molar-refractivity contribution in [3.8, 4) is 5.88 Å². The lowest BCUT2D eigenvalue weighted by atomic mass is 10.4. The van der Waals surface area contributed by atoms with Gasteiger partial charge in [-0.2, -0.15) is 9.97 Å². The van der Waals surface area contributed by atoms with Crippen molar-refractivity contribution >= 4 is 17.1 Å². The van der Waals surface area contributed by atoms with E-state index in [1.807, 2.05) is 13.8 Å². The van der Waals surface area contributed by atoms with Gasteiger partial charge in [-0.25, -0.2) is 4.98 Å². The van der Waals surface area contributed by atoms with Crippen LogP contribution in [-0.4, -0.2) is 33.1 Å². The van der Waals surface area contributed by atoms with Crippen LogP contribution in [0.5, 0.6) is 5.88 Å². The Kier molecular flexibility index (Phi) is 2.40. The lowest BCUT2D eigenvalue weighted by Gasteiger charge is -2.09. The largest absolute Gasteiger partial charge is 0.473 e. The minimum absolute atomic E-state index is 0.0658. The normalized spacial score (nSPS) is 10.9. The van der Waals surface area contributed by atoms with Crippen LogP contribution in [0.2, 0.25) is 0 Å². The first-order valence-corrected chi connectivity index (χ1v) is 4.76. The fourth-order valence-corrected chi connectivity index (χ4v) is 1.23. The van der Waals surface area contributed by atoms with Crippen LogP contribution in [0, 0.1) is 0 Å². The van der Waals surface area contributed by atoms with Crippen molar-refractivity contribution in [3.05, 3.63) is 6.33 Å². The van der Waals surface area contributed by atoms with Crippen LogP contribution in [0.25, 0.3) is 11.2 Å². The molecule has 80 valence electrons. The first kappa shape index (κ1) is 9.70. The van der Waals surface area contributed by atoms with Gasteiger partial charge in [-0.15, -0.1) is 0 Å². The van der Waals surface area contributed by atoms with E-state index in [0.717, 1.165) is 5.52 Å². The molecule has 2 rings (SSSR count). The van der Waals surface area contributed by atoms with Crippen LogP contribution in [0.15, 0.2) is 6.33 Å². The number of imidazole rings is 1. The highest BCUT2D eigenvalue weighted by atomic mass is 16.5. The number of fused-ring (bicyclic) bond motifs is 1. The number of H-pyrrole nitrogens is 1. The van der Waals surface area contributed by atoms with E-state index >= 15 is 0 Å². The molecule has 2 aromatic heterocycles. The van der Waals surface area contributed by atoms with Crippen LogP contribution in [0.1, 0.15) is 13.8 Å². The molecule has 0 unspecified atom stereocenters. The molecular weight excluding hydrogens is 194 g/mol. The van der Waals surface area contributed by atoms with Crippen molar-refractivity contribution in [2.45, 2.75) is 20.0 Å². The van der Waals surface area contributed by atoms with Crippen LogP contribution in [0.3, 0.4) is 0 Å². The Morgan fingerprint density at radius 1 is 1.40 bits per heavy atom. The van der Waals surface area contributed by atoms with Gasteiger partial charge in [-0.3, -0.25) is 0 Å². The second-order valence-corrected chi connectivity index (χ2v) is 3.37. The molecule has 2 N–H and O–H groups in total. The number of anilines is 1. The van der Waals surface area contributed by atoms with Gasteiger partial charge >= 0.3 is 0 Å². The van der Waals surface area contributed by atoms with Gasteiger partial charge in [0.25, 0.3) is 0 Å². The predicted molar refractivity (Wildman–Crippen MR) is 57.0 cm³/mol. The number of hydrogen-bond acceptors (Lipinski definition) is 5. The maximum atomic E-state index is 5.57. The topological polar surface area (TPSA) is 75.7 Å². The first-order valence-electron chi connectivity index (χ1n) is 4.76. The first-order chi connectivity index (χ1) is 7.20. The molecule has 0 aliphatic rings. The Balaban J connectivity index is 2.53. The van der Waals surface area contributed by atoms with Crippen molar-refractivity contribution < 1.29 is 4.74 Å². The maximum Gasteiger partial charge on any atom is 0.245 e. The molecule has 0 aliphatic heterocycles. The molecule has 0 aliphatic carbocycles. The molecule has 0 spiro atoms. The molecule has 0 saturated heterocycles. The molecule has 15 heavy (non-hydrogen) atoms. The van der Waals surface area contributed by atoms with E-state index in [-0.39, 0.29) is 6.10 Å². The van der Waals surface area contributed by atoms with E-state index in [2.05, 4.69) is 25.3 Å². The maximum absolute atomic E-state index is 5.57. The second-order valence-electron chi connectivity index (χ2n) is 3.37. The molecule has 6 heteroatoms. The Morgan fingerprint density at radius 3 is 2.87 bits per heavy atom. The highest BCUT2D eigenvalue weighted by Gasteiger charge is 2.11. The van der Waals surface area contributed by atoms with E-state index in [1.54, 1.807) is 13.4 Å². The molecule has 0 amide bonds. The number of nitrogens with one attached hydrogen (secondary N) is 2. The van der Waals surface area contributed by atoms with Crippen LogP contribution < -0.4 is 10.1 Å². The van der Waals surface area contributed by atoms with Crippen molar-refractivity contribution in [1.82, 2.24) is 19.9 Å². The van der Waals surface area contributed by atoms with Crippen molar-refractivity contribution in [2.75, 3.05) is 12.4 Å². The summed E-state index contributed by atoms with van der Waals surface area (Å²) in [5, 5.41) is 2.87. The Labute approximate surface area is 87.1 Å². The van der Waals surface area contributed by atoms with Crippen LogP contribution >= 0.6 is 0 Å². The van der Waals surface area contributed by atoms with Crippen LogP contribution in [-0.2, 0) is 0 Å². The number of nitrogens with zero attached hydrogens (tertiary/aromatic N) is 3. The fraction of sp³-hybridized carbons (Fsp3) is 0.444. The van der Waals surface area contributed by atoms with Crippen molar-refractivity contribution in [2.24, 2.45) is 0 Å². The summed E-state index contributed by atoms with van der Waals surface area (Å²) in [5.41, 5.74) is 1.33. The summed E-state index contributed by atoms with van der Waals surface area (Å²) in [6, 6.07) is 0. The molecule has 0 aromatic carbocycles. The molecular formula is C9H13N5O. The Hall–Kier alpha value is -1.85. The van der Waals surface area contributed by atoms with Gasteiger partial charge in [0.1, 0.15) is 5.52 Å². The molecule has 0 radical (unpaired) electrons. The number of ether oxygens (including phenoxy) is 1. The molecule has 6 nitrogen and oxygen atoms in total. The summed E-state index contributed by atoms with van der Waals surface area (Å²) in [5.74, 6) is 1.03. The van der Waals surface area contributed by atoms with Gasteiger partial charge in [-0.05, 0) is 13.8 Å². The number of aromatic amines is 1. The summed E-state index contributed by atoms with van der Waals surface area (Å²) < 4.78 is 5.57. The minimum Gasteiger partial charge on any atom is -0.473 e. The number of aromatic nitrogens is 4. The smallest absolute Gasteiger partial charge is 0.245 e. The predicted octanol–water partition coefficient (Wildman–Crippen LogP) is 1.18. The average Bonchev–Trinajstić information content (AvgIpc) is 2.64. The fourth-order valence-electron chi connectivity index (χ4n) is 1.23. The monoisotopic (exact) mass is 207 g/mol. The zero-order chi connectivity index (χ0) is 10.8. The molecule has 0 fully saturated rings. The Bertz CT molecular complexity index is 464. The van der Waals surface area contributed by atoms with Crippen molar-refractivity contribution in [3.63, 3.8) is 0 Å². The lowest BCUT2D eigenvalue weighted by Crippen LogP contribution is -2.09. The third kappa shape index (κ3) is 1.83. The molecule has 2 aromatic rings. The summed E-state index contributed by atoms with van der Waals surface area (Å²) in [7, 11) is 1.76. The van der Waals surface area contributed by atoms with E-state index in [0.29, 0.717) is 17.5 Å². The Morgan fingerprint density at radius 2 is 2.20 bits per heavy atom. The van der Waals surface area contributed by atoms with Gasteiger partial charge in [-0.1, -0.05) is 0 Å². The number of rotatable bonds is 3. The molecule has 0 bridgehead atoms. The molecule has 2 heterocycles. The average molecular weight is 207 g/mol. The summed E-state index contributed by atoms with van der Waals surface area (Å²) in [4.78, 5) is 15.4. The van der Waals surface area contributed by atoms with Gasteiger partial charge in [0, 0.05) is 7.05 Å².